The molecule has 0 N–H and O–H groups in total. The number of oxazole rings is 1. The van der Waals surface area contributed by atoms with Crippen LogP contribution in [0.2, 0.25) is 0 Å². The topological polar surface area (TPSA) is 47.2 Å². The summed E-state index contributed by atoms with van der Waals surface area (Å²) in [5, 5.41) is 0. The Morgan fingerprint density at radius 2 is 2.32 bits per heavy atom. The fraction of sp³-hybridized carbons (Fsp3) is 0.0714. The standard InChI is InChI=1S/C14H9N4O/c1-3-16-12-6-11-14(17(12)5-1)19-13-10-2-4-15-7-9(10)8-18(11)13/h1-7H,8H2/q+1. The van der Waals surface area contributed by atoms with Crippen LogP contribution in [0.4, 0.5) is 0 Å². The third kappa shape index (κ3) is 1.03. The van der Waals surface area contributed by atoms with E-state index in [9.17, 15) is 0 Å². The minimum atomic E-state index is 0.808. The molecule has 0 aliphatic carbocycles. The number of hydrogen-bond donors (Lipinski definition) is 0. The molecule has 0 unspecified atom stereocenters. The molecule has 0 saturated heterocycles. The number of pyridine rings is 1. The van der Waals surface area contributed by atoms with Gasteiger partial charge in [-0.05, 0) is 12.1 Å². The van der Waals surface area contributed by atoms with E-state index in [1.165, 1.54) is 5.56 Å². The van der Waals surface area contributed by atoms with Crippen LogP contribution in [0.3, 0.4) is 0 Å². The molecule has 19 heavy (non-hydrogen) atoms. The second kappa shape index (κ2) is 3.00. The Bertz CT molecular complexity index is 951. The molecule has 1 aliphatic rings. The summed E-state index contributed by atoms with van der Waals surface area (Å²) in [5.41, 5.74) is 5.15. The molecule has 0 atom stereocenters. The van der Waals surface area contributed by atoms with Gasteiger partial charge >= 0.3 is 5.89 Å². The molecular formula is C14H9N4O+. The summed E-state index contributed by atoms with van der Waals surface area (Å²) in [5.74, 6) is 0.903. The van der Waals surface area contributed by atoms with E-state index in [2.05, 4.69) is 20.6 Å². The zero-order valence-electron chi connectivity index (χ0n) is 9.95. The Kier molecular flexibility index (Phi) is 1.46. The molecule has 1 aliphatic heterocycles. The Hall–Kier alpha value is -2.69. The summed E-state index contributed by atoms with van der Waals surface area (Å²) >= 11 is 0. The first kappa shape index (κ1) is 9.27. The van der Waals surface area contributed by atoms with Gasteiger partial charge in [-0.1, -0.05) is 0 Å². The first-order valence-electron chi connectivity index (χ1n) is 6.13. The van der Waals surface area contributed by atoms with Crippen molar-refractivity contribution in [1.82, 2.24) is 14.4 Å². The Balaban J connectivity index is 1.93. The Labute approximate surface area is 107 Å². The summed E-state index contributed by atoms with van der Waals surface area (Å²) in [6, 6.07) is 5.96. The molecule has 5 nitrogen and oxygen atoms in total. The highest BCUT2D eigenvalue weighted by Crippen LogP contribution is 2.31. The molecule has 0 fully saturated rings. The van der Waals surface area contributed by atoms with Crippen LogP contribution in [0.1, 0.15) is 5.56 Å². The third-order valence-corrected chi connectivity index (χ3v) is 3.67. The van der Waals surface area contributed by atoms with Gasteiger partial charge in [-0.3, -0.25) is 9.38 Å². The molecular weight excluding hydrogens is 240 g/mol. The lowest BCUT2D eigenvalue weighted by molar-refractivity contribution is -0.649. The maximum atomic E-state index is 6.05. The first-order valence-corrected chi connectivity index (χ1v) is 6.13. The van der Waals surface area contributed by atoms with Crippen molar-refractivity contribution in [2.75, 3.05) is 0 Å². The van der Waals surface area contributed by atoms with Crippen molar-refractivity contribution in [2.24, 2.45) is 0 Å². The molecule has 4 aromatic heterocycles. The van der Waals surface area contributed by atoms with E-state index >= 15 is 0 Å². The summed E-state index contributed by atoms with van der Waals surface area (Å²) < 4.78 is 10.2. The van der Waals surface area contributed by atoms with E-state index in [0.29, 0.717) is 0 Å². The summed E-state index contributed by atoms with van der Waals surface area (Å²) in [6.07, 6.45) is 7.46. The maximum Gasteiger partial charge on any atom is 0.383 e. The van der Waals surface area contributed by atoms with Crippen LogP contribution in [0, 0.1) is 0 Å². The van der Waals surface area contributed by atoms with E-state index < -0.39 is 0 Å². The minimum absolute atomic E-state index is 0.808. The van der Waals surface area contributed by atoms with Crippen molar-refractivity contribution >= 4 is 16.9 Å². The molecule has 0 amide bonds. The van der Waals surface area contributed by atoms with E-state index in [-0.39, 0.29) is 0 Å². The van der Waals surface area contributed by atoms with Gasteiger partial charge in [-0.25, -0.2) is 4.98 Å². The molecule has 5 heteroatoms. The van der Waals surface area contributed by atoms with Gasteiger partial charge in [-0.15, -0.1) is 0 Å². The second-order valence-corrected chi connectivity index (χ2v) is 4.71. The van der Waals surface area contributed by atoms with Crippen LogP contribution in [-0.2, 0) is 6.54 Å². The smallest absolute Gasteiger partial charge is 0.380 e. The van der Waals surface area contributed by atoms with Crippen LogP contribution in [0.5, 0.6) is 0 Å². The van der Waals surface area contributed by atoms with Crippen LogP contribution >= 0.6 is 0 Å². The lowest BCUT2D eigenvalue weighted by Crippen LogP contribution is -2.30. The van der Waals surface area contributed by atoms with E-state index in [1.807, 2.05) is 28.9 Å². The fourth-order valence-electron chi connectivity index (χ4n) is 2.81. The summed E-state index contributed by atoms with van der Waals surface area (Å²) in [6.45, 7) is 0.808. The normalized spacial score (nSPS) is 13.1. The minimum Gasteiger partial charge on any atom is -0.380 e. The molecule has 4 aromatic rings. The van der Waals surface area contributed by atoms with Gasteiger partial charge in [0, 0.05) is 24.8 Å². The molecule has 90 valence electrons. The van der Waals surface area contributed by atoms with Crippen molar-refractivity contribution in [1.29, 1.82) is 0 Å². The summed E-state index contributed by atoms with van der Waals surface area (Å²) in [7, 11) is 0. The van der Waals surface area contributed by atoms with E-state index in [1.54, 1.807) is 12.4 Å². The predicted octanol–water partition coefficient (Wildman–Crippen LogP) is 1.79. The van der Waals surface area contributed by atoms with Crippen LogP contribution < -0.4 is 4.57 Å². The van der Waals surface area contributed by atoms with Gasteiger partial charge in [0.2, 0.25) is 0 Å². The van der Waals surface area contributed by atoms with Gasteiger partial charge < -0.3 is 4.42 Å². The van der Waals surface area contributed by atoms with Gasteiger partial charge in [0.25, 0.3) is 11.2 Å². The average Bonchev–Trinajstić information content (AvgIpc) is 3.07. The zero-order valence-corrected chi connectivity index (χ0v) is 9.95. The molecule has 5 heterocycles. The van der Waals surface area contributed by atoms with Crippen LogP contribution in [0.25, 0.3) is 28.3 Å². The molecule has 0 saturated carbocycles. The molecule has 0 radical (unpaired) electrons. The van der Waals surface area contributed by atoms with Crippen molar-refractivity contribution < 1.29 is 8.98 Å². The monoisotopic (exact) mass is 249 g/mol. The number of aromatic nitrogens is 4. The van der Waals surface area contributed by atoms with Crippen LogP contribution in [0.15, 0.2) is 47.4 Å². The predicted molar refractivity (Wildman–Crippen MR) is 67.5 cm³/mol. The van der Waals surface area contributed by atoms with Crippen molar-refractivity contribution in [3.8, 4) is 11.5 Å². The Morgan fingerprint density at radius 3 is 3.32 bits per heavy atom. The number of rotatable bonds is 0. The quantitative estimate of drug-likeness (QED) is 0.393. The second-order valence-electron chi connectivity index (χ2n) is 4.71. The fourth-order valence-corrected chi connectivity index (χ4v) is 2.81. The third-order valence-electron chi connectivity index (χ3n) is 3.67. The van der Waals surface area contributed by atoms with Crippen molar-refractivity contribution in [3.05, 3.63) is 48.5 Å². The number of nitrogens with zero attached hydrogens (tertiary/aromatic N) is 4. The lowest BCUT2D eigenvalue weighted by Gasteiger charge is -1.91. The number of fused-ring (bicyclic) bond motifs is 7. The van der Waals surface area contributed by atoms with Crippen molar-refractivity contribution in [3.63, 3.8) is 0 Å². The molecule has 0 bridgehead atoms. The van der Waals surface area contributed by atoms with Crippen LogP contribution in [-0.4, -0.2) is 14.4 Å². The molecule has 0 spiro atoms. The summed E-state index contributed by atoms with van der Waals surface area (Å²) in [4.78, 5) is 8.51. The Morgan fingerprint density at radius 1 is 1.32 bits per heavy atom. The van der Waals surface area contributed by atoms with Crippen molar-refractivity contribution in [2.45, 2.75) is 6.54 Å². The zero-order chi connectivity index (χ0) is 12.4. The maximum absolute atomic E-state index is 6.05. The molecule has 0 aromatic carbocycles. The lowest BCUT2D eigenvalue weighted by atomic mass is 10.2. The highest BCUT2D eigenvalue weighted by atomic mass is 16.4. The van der Waals surface area contributed by atoms with Gasteiger partial charge in [0.1, 0.15) is 5.65 Å². The number of hydrogen-bond acceptors (Lipinski definition) is 3. The van der Waals surface area contributed by atoms with Gasteiger partial charge in [0.05, 0.1) is 17.2 Å². The highest BCUT2D eigenvalue weighted by molar-refractivity contribution is 5.77. The average molecular weight is 249 g/mol. The SMILES string of the molecule is c1cnc2cc3c(oc4[n+]3Cc3cnccc3-4)n2c1. The first-order chi connectivity index (χ1) is 9.42. The van der Waals surface area contributed by atoms with Gasteiger partial charge in [0.15, 0.2) is 6.54 Å². The van der Waals surface area contributed by atoms with E-state index in [4.69, 9.17) is 4.42 Å². The van der Waals surface area contributed by atoms with E-state index in [0.717, 1.165) is 34.9 Å². The largest absolute Gasteiger partial charge is 0.383 e. The molecule has 5 rings (SSSR count). The van der Waals surface area contributed by atoms with Gasteiger partial charge in [-0.2, -0.15) is 4.57 Å². The highest BCUT2D eigenvalue weighted by Gasteiger charge is 2.35.